The van der Waals surface area contributed by atoms with Crippen LogP contribution in [0.15, 0.2) is 18.2 Å². The van der Waals surface area contributed by atoms with E-state index in [2.05, 4.69) is 10.1 Å². The molecule has 26 heavy (non-hydrogen) atoms. The van der Waals surface area contributed by atoms with Crippen molar-refractivity contribution in [3.05, 3.63) is 33.9 Å². The first-order chi connectivity index (χ1) is 11.7. The maximum absolute atomic E-state index is 12.6. The summed E-state index contributed by atoms with van der Waals surface area (Å²) in [6.45, 7) is -0.712. The number of nitro groups is 1. The second kappa shape index (κ2) is 9.04. The van der Waals surface area contributed by atoms with Crippen LogP contribution >= 0.6 is 12.4 Å². The van der Waals surface area contributed by atoms with Gasteiger partial charge < -0.3 is 15.0 Å². The molecule has 0 aliphatic carbocycles. The minimum absolute atomic E-state index is 0. The minimum Gasteiger partial charge on any atom is -0.484 e. The van der Waals surface area contributed by atoms with Gasteiger partial charge in [0, 0.05) is 25.2 Å². The molecule has 0 saturated carbocycles. The van der Waals surface area contributed by atoms with Crippen molar-refractivity contribution in [2.45, 2.75) is 25.1 Å². The van der Waals surface area contributed by atoms with Gasteiger partial charge in [0.05, 0.1) is 4.92 Å². The summed E-state index contributed by atoms with van der Waals surface area (Å²) in [5.41, 5.74) is -0.729. The molecule has 1 aromatic rings. The van der Waals surface area contributed by atoms with Crippen molar-refractivity contribution in [1.29, 1.82) is 0 Å². The molecule has 11 heteroatoms. The van der Waals surface area contributed by atoms with Crippen molar-refractivity contribution in [1.82, 2.24) is 10.2 Å². The number of alkyl halides is 3. The second-order valence-corrected chi connectivity index (χ2v) is 5.70. The van der Waals surface area contributed by atoms with E-state index in [-0.39, 0.29) is 29.8 Å². The summed E-state index contributed by atoms with van der Waals surface area (Å²) >= 11 is 0. The van der Waals surface area contributed by atoms with E-state index in [4.69, 9.17) is 0 Å². The molecule has 0 unspecified atom stereocenters. The molecule has 2 rings (SSSR count). The van der Waals surface area contributed by atoms with Gasteiger partial charge in [0.25, 0.3) is 11.6 Å². The van der Waals surface area contributed by atoms with Crippen molar-refractivity contribution in [2.24, 2.45) is 0 Å². The Morgan fingerprint density at radius 1 is 1.38 bits per heavy atom. The number of rotatable bonds is 5. The molecule has 146 valence electrons. The lowest BCUT2D eigenvalue weighted by atomic mass is 10.0. The van der Waals surface area contributed by atoms with E-state index in [1.54, 1.807) is 0 Å². The summed E-state index contributed by atoms with van der Waals surface area (Å²) in [4.78, 5) is 24.5. The highest BCUT2D eigenvalue weighted by Gasteiger charge is 2.31. The standard InChI is InChI=1S/C15H18F3N3O4.ClH/c1-19-10-4-6-20(7-5-10)14(22)12-8-11(25-9-15(16,17)18)2-3-13(12)21(23)24;/h2-3,8,10,19H,4-7,9H2,1H3;1H. The Labute approximate surface area is 154 Å². The lowest BCUT2D eigenvalue weighted by Crippen LogP contribution is -2.44. The van der Waals surface area contributed by atoms with E-state index in [0.29, 0.717) is 25.9 Å². The van der Waals surface area contributed by atoms with Crippen molar-refractivity contribution in [2.75, 3.05) is 26.7 Å². The Morgan fingerprint density at radius 3 is 2.50 bits per heavy atom. The van der Waals surface area contributed by atoms with Gasteiger partial charge in [-0.1, -0.05) is 0 Å². The number of halogens is 4. The van der Waals surface area contributed by atoms with E-state index in [0.717, 1.165) is 18.2 Å². The van der Waals surface area contributed by atoms with Crippen molar-refractivity contribution < 1.29 is 27.6 Å². The van der Waals surface area contributed by atoms with E-state index >= 15 is 0 Å². The van der Waals surface area contributed by atoms with Crippen LogP contribution in [0.3, 0.4) is 0 Å². The van der Waals surface area contributed by atoms with Gasteiger partial charge in [-0.3, -0.25) is 14.9 Å². The summed E-state index contributed by atoms with van der Waals surface area (Å²) in [7, 11) is 1.81. The monoisotopic (exact) mass is 397 g/mol. The normalized spacial score (nSPS) is 15.3. The third-order valence-electron chi connectivity index (χ3n) is 3.99. The molecule has 1 aromatic carbocycles. The van der Waals surface area contributed by atoms with Gasteiger partial charge in [0.1, 0.15) is 11.3 Å². The van der Waals surface area contributed by atoms with Gasteiger partial charge in [-0.2, -0.15) is 13.2 Å². The average Bonchev–Trinajstić information content (AvgIpc) is 2.58. The molecule has 1 amide bonds. The number of nitro benzene ring substituents is 1. The predicted octanol–water partition coefficient (Wildman–Crippen LogP) is 2.78. The van der Waals surface area contributed by atoms with Crippen LogP contribution in [0.1, 0.15) is 23.2 Å². The molecule has 0 atom stereocenters. The summed E-state index contributed by atoms with van der Waals surface area (Å²) in [5, 5.41) is 14.2. The molecular formula is C15H19ClF3N3O4. The summed E-state index contributed by atoms with van der Waals surface area (Å²) < 4.78 is 41.4. The van der Waals surface area contributed by atoms with Crippen LogP contribution in [0.25, 0.3) is 0 Å². The fourth-order valence-electron chi connectivity index (χ4n) is 2.64. The summed E-state index contributed by atoms with van der Waals surface area (Å²) in [5.74, 6) is -0.824. The zero-order valence-electron chi connectivity index (χ0n) is 13.9. The highest BCUT2D eigenvalue weighted by Crippen LogP contribution is 2.27. The molecular weight excluding hydrogens is 379 g/mol. The Kier molecular flexibility index (Phi) is 7.64. The van der Waals surface area contributed by atoms with Crippen molar-refractivity contribution >= 4 is 24.0 Å². The van der Waals surface area contributed by atoms with Crippen molar-refractivity contribution in [3.63, 3.8) is 0 Å². The highest BCUT2D eigenvalue weighted by molar-refractivity contribution is 5.98. The topological polar surface area (TPSA) is 84.7 Å². The molecule has 1 aliphatic heterocycles. The lowest BCUT2D eigenvalue weighted by molar-refractivity contribution is -0.385. The smallest absolute Gasteiger partial charge is 0.422 e. The molecule has 1 fully saturated rings. The quantitative estimate of drug-likeness (QED) is 0.610. The van der Waals surface area contributed by atoms with Gasteiger partial charge in [0.15, 0.2) is 6.61 Å². The first kappa shape index (κ1) is 22.0. The number of piperidine rings is 1. The maximum Gasteiger partial charge on any atom is 0.422 e. The van der Waals surface area contributed by atoms with Crippen LogP contribution in [-0.2, 0) is 0 Å². The number of amides is 1. The third kappa shape index (κ3) is 5.73. The second-order valence-electron chi connectivity index (χ2n) is 5.70. The lowest BCUT2D eigenvalue weighted by Gasteiger charge is -2.31. The minimum atomic E-state index is -4.54. The molecule has 0 radical (unpaired) electrons. The summed E-state index contributed by atoms with van der Waals surface area (Å²) in [6.07, 6.45) is -3.15. The number of carbonyl (C=O) groups excluding carboxylic acids is 1. The van der Waals surface area contributed by atoms with Gasteiger partial charge in [0.2, 0.25) is 0 Å². The van der Waals surface area contributed by atoms with E-state index < -0.39 is 29.3 Å². The Bertz CT molecular complexity index is 650. The molecule has 1 N–H and O–H groups in total. The highest BCUT2D eigenvalue weighted by atomic mass is 35.5. The van der Waals surface area contributed by atoms with Crippen LogP contribution < -0.4 is 10.1 Å². The number of nitrogens with zero attached hydrogens (tertiary/aromatic N) is 2. The fraction of sp³-hybridized carbons (Fsp3) is 0.533. The third-order valence-corrected chi connectivity index (χ3v) is 3.99. The van der Waals surface area contributed by atoms with E-state index in [9.17, 15) is 28.1 Å². The van der Waals surface area contributed by atoms with Crippen molar-refractivity contribution in [3.8, 4) is 5.75 Å². The Balaban J connectivity index is 0.00000338. The molecule has 1 saturated heterocycles. The molecule has 0 bridgehead atoms. The van der Waals surface area contributed by atoms with Crippen LogP contribution in [0, 0.1) is 10.1 Å². The first-order valence-electron chi connectivity index (χ1n) is 7.66. The number of carbonyl (C=O) groups is 1. The first-order valence-corrected chi connectivity index (χ1v) is 7.66. The Morgan fingerprint density at radius 2 is 2.00 bits per heavy atom. The molecule has 1 heterocycles. The van der Waals surface area contributed by atoms with Gasteiger partial charge >= 0.3 is 6.18 Å². The fourth-order valence-corrected chi connectivity index (χ4v) is 2.64. The van der Waals surface area contributed by atoms with E-state index in [1.807, 2.05) is 7.05 Å². The molecule has 0 spiro atoms. The van der Waals surface area contributed by atoms with Crippen LogP contribution in [0.5, 0.6) is 5.75 Å². The number of benzene rings is 1. The maximum atomic E-state index is 12.6. The van der Waals surface area contributed by atoms with Gasteiger partial charge in [-0.25, -0.2) is 0 Å². The van der Waals surface area contributed by atoms with Crippen LogP contribution in [0.4, 0.5) is 18.9 Å². The average molecular weight is 398 g/mol. The van der Waals surface area contributed by atoms with Crippen LogP contribution in [-0.4, -0.2) is 54.7 Å². The van der Waals surface area contributed by atoms with E-state index in [1.165, 1.54) is 4.90 Å². The largest absolute Gasteiger partial charge is 0.484 e. The van der Waals surface area contributed by atoms with Crippen LogP contribution in [0.2, 0.25) is 0 Å². The zero-order valence-corrected chi connectivity index (χ0v) is 14.7. The molecule has 1 aliphatic rings. The number of hydrogen-bond donors (Lipinski definition) is 1. The predicted molar refractivity (Wildman–Crippen MR) is 89.9 cm³/mol. The number of hydrogen-bond acceptors (Lipinski definition) is 5. The molecule has 0 aromatic heterocycles. The SMILES string of the molecule is CNC1CCN(C(=O)c2cc(OCC(F)(F)F)ccc2[N+](=O)[O-])CC1.Cl. The van der Waals surface area contributed by atoms with Gasteiger partial charge in [-0.05, 0) is 32.0 Å². The Hall–Kier alpha value is -2.07. The number of nitrogens with one attached hydrogen (secondary N) is 1. The number of likely N-dealkylation sites (tertiary alicyclic amines) is 1. The number of ether oxygens (including phenoxy) is 1. The van der Waals surface area contributed by atoms with Gasteiger partial charge in [-0.15, -0.1) is 12.4 Å². The zero-order chi connectivity index (χ0) is 18.6. The summed E-state index contributed by atoms with van der Waals surface area (Å²) in [6, 6.07) is 3.30. The molecule has 7 nitrogen and oxygen atoms in total.